The summed E-state index contributed by atoms with van der Waals surface area (Å²) in [5.41, 5.74) is -0.233. The van der Waals surface area contributed by atoms with Crippen molar-refractivity contribution in [3.8, 4) is 0 Å². The fourth-order valence-electron chi connectivity index (χ4n) is 2.45. The molecule has 1 fully saturated rings. The molecule has 9 heteroatoms. The van der Waals surface area contributed by atoms with Crippen molar-refractivity contribution in [1.82, 2.24) is 19.9 Å². The van der Waals surface area contributed by atoms with Crippen LogP contribution in [0.25, 0.3) is 0 Å². The molecule has 1 aromatic rings. The van der Waals surface area contributed by atoms with Gasteiger partial charge in [-0.2, -0.15) is 0 Å². The monoisotopic (exact) mass is 326 g/mol. The molecule has 128 valence electrons. The normalized spacial score (nSPS) is 21.3. The summed E-state index contributed by atoms with van der Waals surface area (Å²) >= 11 is 0. The van der Waals surface area contributed by atoms with Gasteiger partial charge < -0.3 is 14.6 Å². The summed E-state index contributed by atoms with van der Waals surface area (Å²) in [5, 5.41) is 16.8. The van der Waals surface area contributed by atoms with Gasteiger partial charge in [0.15, 0.2) is 0 Å². The third-order valence-electron chi connectivity index (χ3n) is 3.47. The molecule has 9 nitrogen and oxygen atoms in total. The summed E-state index contributed by atoms with van der Waals surface area (Å²) < 4.78 is 11.7. The van der Waals surface area contributed by atoms with E-state index in [2.05, 4.69) is 10.3 Å². The van der Waals surface area contributed by atoms with Crippen molar-refractivity contribution < 1.29 is 24.2 Å². The maximum absolute atomic E-state index is 12.3. The second-order valence-electron chi connectivity index (χ2n) is 6.41. The number of aliphatic hydroxyl groups excluding tert-OH is 1. The SMILES string of the molecule is COC(=O)[C@@H]1C[C@H](n2cc(CO)nn2)CN1C(=O)OC(C)(C)C. The Labute approximate surface area is 134 Å². The van der Waals surface area contributed by atoms with Gasteiger partial charge in [0, 0.05) is 13.0 Å². The van der Waals surface area contributed by atoms with Gasteiger partial charge in [-0.25, -0.2) is 14.3 Å². The number of nitrogens with zero attached hydrogens (tertiary/aromatic N) is 4. The van der Waals surface area contributed by atoms with Crippen LogP contribution in [0.4, 0.5) is 4.79 Å². The molecule has 1 aliphatic heterocycles. The zero-order valence-corrected chi connectivity index (χ0v) is 13.7. The molecule has 0 spiro atoms. The van der Waals surface area contributed by atoms with Gasteiger partial charge in [0.2, 0.25) is 0 Å². The van der Waals surface area contributed by atoms with E-state index >= 15 is 0 Å². The highest BCUT2D eigenvalue weighted by atomic mass is 16.6. The highest BCUT2D eigenvalue weighted by molar-refractivity contribution is 5.82. The molecule has 23 heavy (non-hydrogen) atoms. The van der Waals surface area contributed by atoms with E-state index in [1.165, 1.54) is 12.0 Å². The molecule has 1 amide bonds. The van der Waals surface area contributed by atoms with Gasteiger partial charge >= 0.3 is 12.1 Å². The van der Waals surface area contributed by atoms with E-state index in [0.29, 0.717) is 12.1 Å². The standard InChI is InChI=1S/C14H22N4O5/c1-14(2,3)23-13(21)17-7-10(5-11(17)12(20)22-4)18-6-9(8-19)15-16-18/h6,10-11,19H,5,7-8H2,1-4H3/t10-,11-/m0/s1. The Morgan fingerprint density at radius 1 is 1.43 bits per heavy atom. The molecule has 0 aliphatic carbocycles. The molecule has 0 radical (unpaired) electrons. The molecule has 1 aromatic heterocycles. The lowest BCUT2D eigenvalue weighted by Crippen LogP contribution is -2.43. The van der Waals surface area contributed by atoms with E-state index in [4.69, 9.17) is 14.6 Å². The first-order chi connectivity index (χ1) is 10.7. The average molecular weight is 326 g/mol. The summed E-state index contributed by atoms with van der Waals surface area (Å²) in [5.74, 6) is -0.499. The van der Waals surface area contributed by atoms with Gasteiger partial charge in [-0.05, 0) is 20.8 Å². The average Bonchev–Trinajstić information content (AvgIpc) is 3.10. The third-order valence-corrected chi connectivity index (χ3v) is 3.47. The third kappa shape index (κ3) is 3.98. The van der Waals surface area contributed by atoms with E-state index in [9.17, 15) is 9.59 Å². The van der Waals surface area contributed by atoms with Crippen molar-refractivity contribution in [2.75, 3.05) is 13.7 Å². The van der Waals surface area contributed by atoms with Gasteiger partial charge in [-0.1, -0.05) is 5.21 Å². The van der Waals surface area contributed by atoms with Crippen LogP contribution in [0.15, 0.2) is 6.20 Å². The molecule has 0 unspecified atom stereocenters. The highest BCUT2D eigenvalue weighted by Gasteiger charge is 2.43. The minimum Gasteiger partial charge on any atom is -0.467 e. The first-order valence-electron chi connectivity index (χ1n) is 7.34. The predicted octanol–water partition coefficient (Wildman–Crippen LogP) is 0.494. The summed E-state index contributed by atoms with van der Waals surface area (Å²) in [4.78, 5) is 25.7. The number of hydrogen-bond acceptors (Lipinski definition) is 7. The van der Waals surface area contributed by atoms with Gasteiger partial charge in [0.05, 0.1) is 26.0 Å². The fourth-order valence-corrected chi connectivity index (χ4v) is 2.45. The van der Waals surface area contributed by atoms with E-state index in [1.54, 1.807) is 31.6 Å². The number of hydrogen-bond donors (Lipinski definition) is 1. The quantitative estimate of drug-likeness (QED) is 0.806. The summed E-state index contributed by atoms with van der Waals surface area (Å²) in [6, 6.07) is -0.971. The number of amides is 1. The summed E-state index contributed by atoms with van der Waals surface area (Å²) in [6.07, 6.45) is 1.37. The lowest BCUT2D eigenvalue weighted by molar-refractivity contribution is -0.145. The van der Waals surface area contributed by atoms with Gasteiger partial charge in [0.1, 0.15) is 17.3 Å². The summed E-state index contributed by atoms with van der Waals surface area (Å²) in [6.45, 7) is 5.31. The van der Waals surface area contributed by atoms with Crippen LogP contribution in [0.2, 0.25) is 0 Å². The Morgan fingerprint density at radius 2 is 2.13 bits per heavy atom. The minimum absolute atomic E-state index is 0.219. The molecule has 1 N–H and O–H groups in total. The maximum Gasteiger partial charge on any atom is 0.411 e. The predicted molar refractivity (Wildman–Crippen MR) is 78.3 cm³/mol. The molecule has 1 aliphatic rings. The molecule has 1 saturated heterocycles. The van der Waals surface area contributed by atoms with Crippen molar-refractivity contribution >= 4 is 12.1 Å². The summed E-state index contributed by atoms with van der Waals surface area (Å²) in [7, 11) is 1.28. The van der Waals surface area contributed by atoms with E-state index < -0.39 is 23.7 Å². The van der Waals surface area contributed by atoms with Crippen molar-refractivity contribution in [3.63, 3.8) is 0 Å². The first-order valence-corrected chi connectivity index (χ1v) is 7.34. The topological polar surface area (TPSA) is 107 Å². The number of aliphatic hydroxyl groups is 1. The van der Waals surface area contributed by atoms with Crippen molar-refractivity contribution in [2.24, 2.45) is 0 Å². The number of likely N-dealkylation sites (tertiary alicyclic amines) is 1. The number of esters is 1. The Balaban J connectivity index is 2.18. The second kappa shape index (κ2) is 6.53. The van der Waals surface area contributed by atoms with Crippen molar-refractivity contribution in [3.05, 3.63) is 11.9 Å². The van der Waals surface area contributed by atoms with E-state index in [-0.39, 0.29) is 19.2 Å². The highest BCUT2D eigenvalue weighted by Crippen LogP contribution is 2.29. The Morgan fingerprint density at radius 3 is 2.65 bits per heavy atom. The molecular weight excluding hydrogens is 304 g/mol. The van der Waals surface area contributed by atoms with Crippen LogP contribution < -0.4 is 0 Å². The number of carbonyl (C=O) groups is 2. The van der Waals surface area contributed by atoms with E-state index in [0.717, 1.165) is 0 Å². The Bertz CT molecular complexity index is 580. The number of ether oxygens (including phenoxy) is 2. The molecular formula is C14H22N4O5. The van der Waals surface area contributed by atoms with E-state index in [1.807, 2.05) is 0 Å². The van der Waals surface area contributed by atoms with Gasteiger partial charge in [-0.15, -0.1) is 5.10 Å². The molecule has 2 rings (SSSR count). The Kier molecular flexibility index (Phi) is 4.88. The lowest BCUT2D eigenvalue weighted by Gasteiger charge is -2.27. The van der Waals surface area contributed by atoms with Crippen LogP contribution in [-0.2, 0) is 20.9 Å². The number of carbonyl (C=O) groups excluding carboxylic acids is 2. The maximum atomic E-state index is 12.3. The van der Waals surface area contributed by atoms with Crippen molar-refractivity contribution in [2.45, 2.75) is 51.5 Å². The fraction of sp³-hybridized carbons (Fsp3) is 0.714. The van der Waals surface area contributed by atoms with Crippen LogP contribution in [0, 0.1) is 0 Å². The zero-order valence-electron chi connectivity index (χ0n) is 13.7. The lowest BCUT2D eigenvalue weighted by atomic mass is 10.2. The largest absolute Gasteiger partial charge is 0.467 e. The number of aromatic nitrogens is 3. The molecule has 0 saturated carbocycles. The molecule has 2 heterocycles. The van der Waals surface area contributed by atoms with Gasteiger partial charge in [-0.3, -0.25) is 4.90 Å². The zero-order chi connectivity index (χ0) is 17.2. The van der Waals surface area contributed by atoms with Crippen LogP contribution in [0.1, 0.15) is 38.9 Å². The minimum atomic E-state index is -0.735. The Hall–Kier alpha value is -2.16. The molecule has 0 aromatic carbocycles. The smallest absolute Gasteiger partial charge is 0.411 e. The molecule has 2 atom stereocenters. The van der Waals surface area contributed by atoms with Crippen LogP contribution in [0.5, 0.6) is 0 Å². The number of rotatable bonds is 3. The van der Waals surface area contributed by atoms with Crippen LogP contribution in [-0.4, -0.2) is 62.4 Å². The first kappa shape index (κ1) is 17.2. The second-order valence-corrected chi connectivity index (χ2v) is 6.41. The van der Waals surface area contributed by atoms with Crippen LogP contribution in [0.3, 0.4) is 0 Å². The van der Waals surface area contributed by atoms with Crippen molar-refractivity contribution in [1.29, 1.82) is 0 Å². The molecule has 0 bridgehead atoms. The van der Waals surface area contributed by atoms with Crippen LogP contribution >= 0.6 is 0 Å². The van der Waals surface area contributed by atoms with Gasteiger partial charge in [0.25, 0.3) is 0 Å². The number of methoxy groups -OCH3 is 1.